The lowest BCUT2D eigenvalue weighted by Crippen LogP contribution is -2.32. The first kappa shape index (κ1) is 11.3. The fraction of sp³-hybridized carbons (Fsp3) is 0.538. The van der Waals surface area contributed by atoms with Crippen molar-refractivity contribution < 1.29 is 5.11 Å². The highest BCUT2D eigenvalue weighted by Crippen LogP contribution is 2.34. The topological polar surface area (TPSA) is 20.2 Å². The summed E-state index contributed by atoms with van der Waals surface area (Å²) in [5.41, 5.74) is 0.560. The van der Waals surface area contributed by atoms with Gasteiger partial charge in [0.2, 0.25) is 0 Å². The first-order valence-corrected chi connectivity index (χ1v) is 5.20. The van der Waals surface area contributed by atoms with Crippen LogP contribution in [0.1, 0.15) is 39.2 Å². The Morgan fingerprint density at radius 2 is 1.57 bits per heavy atom. The quantitative estimate of drug-likeness (QED) is 0.779. The Bertz CT molecular complexity index is 269. The summed E-state index contributed by atoms with van der Waals surface area (Å²) in [7, 11) is 0. The molecule has 0 aliphatic heterocycles. The van der Waals surface area contributed by atoms with E-state index >= 15 is 0 Å². The molecule has 1 N–H and O–H groups in total. The van der Waals surface area contributed by atoms with Crippen LogP contribution >= 0.6 is 0 Å². The molecule has 1 heteroatoms. The van der Waals surface area contributed by atoms with Gasteiger partial charge in [0.05, 0.1) is 5.60 Å². The van der Waals surface area contributed by atoms with Crippen molar-refractivity contribution >= 4 is 0 Å². The van der Waals surface area contributed by atoms with E-state index < -0.39 is 5.60 Å². The lowest BCUT2D eigenvalue weighted by molar-refractivity contribution is 0.0332. The maximum Gasteiger partial charge on any atom is 0.0662 e. The molecule has 0 heterocycles. The Hall–Kier alpha value is -0.820. The highest BCUT2D eigenvalue weighted by molar-refractivity contribution is 5.22. The lowest BCUT2D eigenvalue weighted by atomic mass is 9.77. The molecule has 78 valence electrons. The van der Waals surface area contributed by atoms with Crippen LogP contribution in [0.25, 0.3) is 0 Å². The van der Waals surface area contributed by atoms with Gasteiger partial charge < -0.3 is 5.11 Å². The van der Waals surface area contributed by atoms with Crippen LogP contribution in [-0.4, -0.2) is 10.7 Å². The van der Waals surface area contributed by atoms with Gasteiger partial charge >= 0.3 is 0 Å². The number of hydrogen-bond acceptors (Lipinski definition) is 1. The molecule has 0 radical (unpaired) electrons. The van der Waals surface area contributed by atoms with Crippen LogP contribution in [0.15, 0.2) is 30.3 Å². The Morgan fingerprint density at radius 1 is 1.07 bits per heavy atom. The van der Waals surface area contributed by atoms with Crippen molar-refractivity contribution in [3.63, 3.8) is 0 Å². The Kier molecular flexibility index (Phi) is 3.33. The van der Waals surface area contributed by atoms with Crippen LogP contribution in [0.3, 0.4) is 0 Å². The molecule has 0 amide bonds. The van der Waals surface area contributed by atoms with Crippen molar-refractivity contribution in [2.45, 2.75) is 39.2 Å². The van der Waals surface area contributed by atoms with Crippen LogP contribution in [-0.2, 0) is 0 Å². The van der Waals surface area contributed by atoms with Crippen LogP contribution < -0.4 is 0 Å². The Balaban J connectivity index is 3.02. The number of benzene rings is 1. The van der Waals surface area contributed by atoms with Gasteiger partial charge in [-0.05, 0) is 25.3 Å². The molecule has 0 saturated carbocycles. The van der Waals surface area contributed by atoms with Crippen LogP contribution in [0.5, 0.6) is 0 Å². The molecule has 0 aromatic heterocycles. The number of hydrogen-bond donors (Lipinski definition) is 1. The van der Waals surface area contributed by atoms with Gasteiger partial charge in [-0.1, -0.05) is 44.2 Å². The maximum absolute atomic E-state index is 10.1. The molecular formula is C13H20O. The molecule has 1 nitrogen and oxygen atoms in total. The minimum atomic E-state index is -0.657. The van der Waals surface area contributed by atoms with E-state index in [1.165, 1.54) is 5.56 Å². The zero-order valence-corrected chi connectivity index (χ0v) is 9.49. The molecule has 0 aliphatic rings. The van der Waals surface area contributed by atoms with Gasteiger partial charge in [-0.25, -0.2) is 0 Å². The number of rotatable bonds is 3. The second kappa shape index (κ2) is 4.14. The van der Waals surface area contributed by atoms with Gasteiger partial charge in [-0.15, -0.1) is 0 Å². The first-order chi connectivity index (χ1) is 6.43. The predicted molar refractivity (Wildman–Crippen MR) is 60.3 cm³/mol. The second-order valence-corrected chi connectivity index (χ2v) is 4.79. The summed E-state index contributed by atoms with van der Waals surface area (Å²) in [4.78, 5) is 0. The third-order valence-electron chi connectivity index (χ3n) is 2.59. The fourth-order valence-electron chi connectivity index (χ4n) is 2.27. The third-order valence-corrected chi connectivity index (χ3v) is 2.59. The average Bonchev–Trinajstić information content (AvgIpc) is 2.02. The summed E-state index contributed by atoms with van der Waals surface area (Å²) in [5.74, 6) is 0.640. The summed E-state index contributed by atoms with van der Waals surface area (Å²) >= 11 is 0. The molecule has 0 spiro atoms. The summed E-state index contributed by atoms with van der Waals surface area (Å²) in [6, 6.07) is 10.2. The molecule has 0 bridgehead atoms. The Morgan fingerprint density at radius 3 is 1.93 bits per heavy atom. The van der Waals surface area contributed by atoms with Crippen molar-refractivity contribution in [2.24, 2.45) is 5.92 Å². The minimum absolute atomic E-state index is 0.198. The maximum atomic E-state index is 10.1. The largest absolute Gasteiger partial charge is 0.390 e. The summed E-state index contributed by atoms with van der Waals surface area (Å²) in [5, 5.41) is 10.1. The van der Waals surface area contributed by atoms with E-state index in [0.29, 0.717) is 5.92 Å². The first-order valence-electron chi connectivity index (χ1n) is 5.20. The molecule has 0 fully saturated rings. The molecule has 1 aromatic carbocycles. The molecule has 1 aromatic rings. The van der Waals surface area contributed by atoms with E-state index in [1.807, 2.05) is 32.0 Å². The van der Waals surface area contributed by atoms with Crippen LogP contribution in [0.4, 0.5) is 0 Å². The Labute approximate surface area is 86.8 Å². The van der Waals surface area contributed by atoms with E-state index in [1.54, 1.807) is 0 Å². The average molecular weight is 192 g/mol. The summed E-state index contributed by atoms with van der Waals surface area (Å²) < 4.78 is 0. The summed E-state index contributed by atoms with van der Waals surface area (Å²) in [6.45, 7) is 8.06. The van der Waals surface area contributed by atoms with Gasteiger partial charge in [0, 0.05) is 5.92 Å². The van der Waals surface area contributed by atoms with Crippen molar-refractivity contribution in [1.82, 2.24) is 0 Å². The van der Waals surface area contributed by atoms with Gasteiger partial charge in [-0.3, -0.25) is 0 Å². The van der Waals surface area contributed by atoms with Crippen molar-refractivity contribution in [3.05, 3.63) is 35.9 Å². The second-order valence-electron chi connectivity index (χ2n) is 4.79. The van der Waals surface area contributed by atoms with Crippen LogP contribution in [0.2, 0.25) is 0 Å². The van der Waals surface area contributed by atoms with E-state index in [-0.39, 0.29) is 5.92 Å². The normalized spacial score (nSPS) is 14.4. The monoisotopic (exact) mass is 192 g/mol. The third kappa shape index (κ3) is 2.58. The highest BCUT2D eigenvalue weighted by Gasteiger charge is 2.30. The van der Waals surface area contributed by atoms with E-state index in [0.717, 1.165) is 0 Å². The molecular weight excluding hydrogens is 172 g/mol. The van der Waals surface area contributed by atoms with Gasteiger partial charge in [-0.2, -0.15) is 0 Å². The van der Waals surface area contributed by atoms with Crippen molar-refractivity contribution in [2.75, 3.05) is 0 Å². The zero-order chi connectivity index (χ0) is 10.8. The van der Waals surface area contributed by atoms with E-state index in [9.17, 15) is 5.11 Å². The van der Waals surface area contributed by atoms with Gasteiger partial charge in [0.1, 0.15) is 0 Å². The SMILES string of the molecule is CC(C)[C@@H](c1ccccc1)C(C)(C)O. The number of aliphatic hydroxyl groups is 1. The molecule has 1 rings (SSSR count). The fourth-order valence-corrected chi connectivity index (χ4v) is 2.27. The minimum Gasteiger partial charge on any atom is -0.390 e. The van der Waals surface area contributed by atoms with Gasteiger partial charge in [0.25, 0.3) is 0 Å². The van der Waals surface area contributed by atoms with E-state index in [4.69, 9.17) is 0 Å². The smallest absolute Gasteiger partial charge is 0.0662 e. The zero-order valence-electron chi connectivity index (χ0n) is 9.49. The standard InChI is InChI=1S/C13H20O/c1-10(2)12(13(3,4)14)11-8-6-5-7-9-11/h5-10,12,14H,1-4H3/t12-/m0/s1. The van der Waals surface area contributed by atoms with Crippen molar-refractivity contribution in [3.8, 4) is 0 Å². The molecule has 1 atom stereocenters. The molecule has 0 unspecified atom stereocenters. The van der Waals surface area contributed by atoms with Crippen molar-refractivity contribution in [1.29, 1.82) is 0 Å². The van der Waals surface area contributed by atoms with E-state index in [2.05, 4.69) is 26.0 Å². The summed E-state index contributed by atoms with van der Waals surface area (Å²) in [6.07, 6.45) is 0. The highest BCUT2D eigenvalue weighted by atomic mass is 16.3. The molecule has 0 aliphatic carbocycles. The molecule has 14 heavy (non-hydrogen) atoms. The molecule has 0 saturated heterocycles. The lowest BCUT2D eigenvalue weighted by Gasteiger charge is -2.33. The van der Waals surface area contributed by atoms with Crippen LogP contribution in [0, 0.1) is 5.92 Å². The van der Waals surface area contributed by atoms with Gasteiger partial charge in [0.15, 0.2) is 0 Å². The predicted octanol–water partition coefficient (Wildman–Crippen LogP) is 3.20.